The summed E-state index contributed by atoms with van der Waals surface area (Å²) in [4.78, 5) is 0. The summed E-state index contributed by atoms with van der Waals surface area (Å²) in [6.45, 7) is 4.34. The molecule has 1 aliphatic heterocycles. The zero-order chi connectivity index (χ0) is 9.97. The zero-order valence-electron chi connectivity index (χ0n) is 8.26. The van der Waals surface area contributed by atoms with Gasteiger partial charge in [0.2, 0.25) is 0 Å². The Morgan fingerprint density at radius 2 is 2.00 bits per heavy atom. The molecule has 3 heteroatoms. The van der Waals surface area contributed by atoms with Gasteiger partial charge in [0, 0.05) is 30.2 Å². The fourth-order valence-electron chi connectivity index (χ4n) is 1.61. The summed E-state index contributed by atoms with van der Waals surface area (Å²) >= 11 is 5.83. The van der Waals surface area contributed by atoms with Crippen molar-refractivity contribution >= 4 is 11.6 Å². The molecule has 1 atom stereocenters. The molecule has 0 aromatic heterocycles. The molecule has 1 aromatic carbocycles. The van der Waals surface area contributed by atoms with Crippen LogP contribution in [0.4, 0.5) is 0 Å². The van der Waals surface area contributed by atoms with E-state index >= 15 is 0 Å². The van der Waals surface area contributed by atoms with Gasteiger partial charge < -0.3 is 10.6 Å². The first kappa shape index (κ1) is 9.97. The first-order valence-electron chi connectivity index (χ1n) is 4.98. The van der Waals surface area contributed by atoms with Crippen LogP contribution in [-0.4, -0.2) is 19.1 Å². The highest BCUT2D eigenvalue weighted by molar-refractivity contribution is 6.30. The molecule has 0 bridgehead atoms. The van der Waals surface area contributed by atoms with E-state index in [1.54, 1.807) is 0 Å². The Labute approximate surface area is 89.7 Å². The third kappa shape index (κ3) is 2.27. The number of nitrogens with one attached hydrogen (secondary N) is 2. The molecule has 1 saturated heterocycles. The SMILES string of the molecule is C[C@H](NC1CNC1)c1ccc(Cl)cc1. The van der Waals surface area contributed by atoms with Crippen molar-refractivity contribution in [3.63, 3.8) is 0 Å². The van der Waals surface area contributed by atoms with Gasteiger partial charge in [-0.05, 0) is 24.6 Å². The Bertz CT molecular complexity index is 293. The van der Waals surface area contributed by atoms with Crippen molar-refractivity contribution in [1.29, 1.82) is 0 Å². The number of benzene rings is 1. The molecule has 0 radical (unpaired) electrons. The average molecular weight is 211 g/mol. The number of hydrogen-bond acceptors (Lipinski definition) is 2. The van der Waals surface area contributed by atoms with Gasteiger partial charge in [-0.3, -0.25) is 0 Å². The largest absolute Gasteiger partial charge is 0.314 e. The molecule has 0 aliphatic carbocycles. The quantitative estimate of drug-likeness (QED) is 0.797. The van der Waals surface area contributed by atoms with Crippen LogP contribution in [0.25, 0.3) is 0 Å². The Hall–Kier alpha value is -0.570. The maximum absolute atomic E-state index is 5.83. The van der Waals surface area contributed by atoms with Crippen LogP contribution in [0.3, 0.4) is 0 Å². The highest BCUT2D eigenvalue weighted by atomic mass is 35.5. The predicted octanol–water partition coefficient (Wildman–Crippen LogP) is 1.96. The molecule has 0 saturated carbocycles. The van der Waals surface area contributed by atoms with Gasteiger partial charge in [-0.15, -0.1) is 0 Å². The van der Waals surface area contributed by atoms with E-state index in [0.29, 0.717) is 12.1 Å². The predicted molar refractivity (Wildman–Crippen MR) is 59.7 cm³/mol. The molecule has 2 N–H and O–H groups in total. The summed E-state index contributed by atoms with van der Waals surface area (Å²) in [6.07, 6.45) is 0. The average Bonchev–Trinajstić information content (AvgIpc) is 2.12. The van der Waals surface area contributed by atoms with Crippen LogP contribution in [-0.2, 0) is 0 Å². The van der Waals surface area contributed by atoms with E-state index in [-0.39, 0.29) is 0 Å². The van der Waals surface area contributed by atoms with E-state index in [9.17, 15) is 0 Å². The molecule has 14 heavy (non-hydrogen) atoms. The highest BCUT2D eigenvalue weighted by Crippen LogP contribution is 2.16. The van der Waals surface area contributed by atoms with Crippen LogP contribution in [0, 0.1) is 0 Å². The van der Waals surface area contributed by atoms with Crippen LogP contribution in [0.15, 0.2) is 24.3 Å². The molecule has 1 aliphatic rings. The van der Waals surface area contributed by atoms with E-state index < -0.39 is 0 Å². The lowest BCUT2D eigenvalue weighted by Crippen LogP contribution is -2.55. The Kier molecular flexibility index (Phi) is 3.06. The minimum atomic E-state index is 0.402. The molecule has 2 rings (SSSR count). The molecule has 0 unspecified atom stereocenters. The van der Waals surface area contributed by atoms with Gasteiger partial charge in [-0.25, -0.2) is 0 Å². The highest BCUT2D eigenvalue weighted by Gasteiger charge is 2.18. The second-order valence-electron chi connectivity index (χ2n) is 3.80. The van der Waals surface area contributed by atoms with Gasteiger partial charge in [0.1, 0.15) is 0 Å². The fourth-order valence-corrected chi connectivity index (χ4v) is 1.73. The third-order valence-corrected chi connectivity index (χ3v) is 2.89. The van der Waals surface area contributed by atoms with Crippen LogP contribution in [0.1, 0.15) is 18.5 Å². The summed E-state index contributed by atoms with van der Waals surface area (Å²) in [5.41, 5.74) is 1.29. The Morgan fingerprint density at radius 3 is 2.50 bits per heavy atom. The van der Waals surface area contributed by atoms with Crippen LogP contribution < -0.4 is 10.6 Å². The molecule has 1 heterocycles. The van der Waals surface area contributed by atoms with E-state index in [1.165, 1.54) is 5.56 Å². The number of rotatable bonds is 3. The smallest absolute Gasteiger partial charge is 0.0406 e. The van der Waals surface area contributed by atoms with Crippen molar-refractivity contribution in [2.45, 2.75) is 19.0 Å². The number of hydrogen-bond donors (Lipinski definition) is 2. The topological polar surface area (TPSA) is 24.1 Å². The van der Waals surface area contributed by atoms with Crippen molar-refractivity contribution in [3.8, 4) is 0 Å². The minimum absolute atomic E-state index is 0.402. The van der Waals surface area contributed by atoms with Crippen LogP contribution in [0.2, 0.25) is 5.02 Å². The van der Waals surface area contributed by atoms with Gasteiger partial charge in [0.25, 0.3) is 0 Å². The molecule has 1 aromatic rings. The zero-order valence-corrected chi connectivity index (χ0v) is 9.01. The Morgan fingerprint density at radius 1 is 1.36 bits per heavy atom. The van der Waals surface area contributed by atoms with E-state index in [0.717, 1.165) is 18.1 Å². The molecule has 0 spiro atoms. The summed E-state index contributed by atoms with van der Waals surface area (Å²) < 4.78 is 0. The molecule has 1 fully saturated rings. The summed E-state index contributed by atoms with van der Waals surface area (Å²) in [5, 5.41) is 7.59. The third-order valence-electron chi connectivity index (χ3n) is 2.64. The lowest BCUT2D eigenvalue weighted by Gasteiger charge is -2.31. The van der Waals surface area contributed by atoms with Crippen LogP contribution >= 0.6 is 11.6 Å². The second-order valence-corrected chi connectivity index (χ2v) is 4.23. The second kappa shape index (κ2) is 4.30. The van der Waals surface area contributed by atoms with Crippen molar-refractivity contribution in [2.75, 3.05) is 13.1 Å². The lowest BCUT2D eigenvalue weighted by atomic mass is 10.1. The normalized spacial score (nSPS) is 19.0. The monoisotopic (exact) mass is 210 g/mol. The van der Waals surface area contributed by atoms with E-state index in [4.69, 9.17) is 11.6 Å². The van der Waals surface area contributed by atoms with Gasteiger partial charge in [-0.2, -0.15) is 0 Å². The molecular formula is C11H15ClN2. The van der Waals surface area contributed by atoms with Gasteiger partial charge >= 0.3 is 0 Å². The lowest BCUT2D eigenvalue weighted by molar-refractivity contribution is 0.338. The fraction of sp³-hybridized carbons (Fsp3) is 0.455. The minimum Gasteiger partial charge on any atom is -0.314 e. The van der Waals surface area contributed by atoms with E-state index in [1.807, 2.05) is 12.1 Å². The summed E-state index contributed by atoms with van der Waals surface area (Å²) in [5.74, 6) is 0. The maximum Gasteiger partial charge on any atom is 0.0406 e. The first-order valence-corrected chi connectivity index (χ1v) is 5.36. The molecule has 0 amide bonds. The van der Waals surface area contributed by atoms with Crippen molar-refractivity contribution in [1.82, 2.24) is 10.6 Å². The van der Waals surface area contributed by atoms with Crippen molar-refractivity contribution in [2.24, 2.45) is 0 Å². The van der Waals surface area contributed by atoms with E-state index in [2.05, 4.69) is 29.7 Å². The summed E-state index contributed by atoms with van der Waals surface area (Å²) in [7, 11) is 0. The molecular weight excluding hydrogens is 196 g/mol. The van der Waals surface area contributed by atoms with Crippen LogP contribution in [0.5, 0.6) is 0 Å². The van der Waals surface area contributed by atoms with Gasteiger partial charge in [-0.1, -0.05) is 23.7 Å². The van der Waals surface area contributed by atoms with Crippen molar-refractivity contribution in [3.05, 3.63) is 34.9 Å². The molecule has 2 nitrogen and oxygen atoms in total. The van der Waals surface area contributed by atoms with Crippen molar-refractivity contribution < 1.29 is 0 Å². The first-order chi connectivity index (χ1) is 6.75. The standard InChI is InChI=1S/C11H15ClN2/c1-8(14-11-6-13-7-11)9-2-4-10(12)5-3-9/h2-5,8,11,13-14H,6-7H2,1H3/t8-/m0/s1. The maximum atomic E-state index is 5.83. The number of halogens is 1. The van der Waals surface area contributed by atoms with Gasteiger partial charge in [0.15, 0.2) is 0 Å². The van der Waals surface area contributed by atoms with Gasteiger partial charge in [0.05, 0.1) is 0 Å². The summed E-state index contributed by atoms with van der Waals surface area (Å²) in [6, 6.07) is 9.06. The Balaban J connectivity index is 1.95. The molecule has 76 valence electrons.